The van der Waals surface area contributed by atoms with Gasteiger partial charge in [0.05, 0.1) is 35.5 Å². The van der Waals surface area contributed by atoms with Crippen molar-refractivity contribution in [2.45, 2.75) is 25.5 Å². The molecule has 11 heteroatoms. The van der Waals surface area contributed by atoms with Crippen LogP contribution in [0, 0.1) is 0 Å². The fourth-order valence-electron chi connectivity index (χ4n) is 5.67. The van der Waals surface area contributed by atoms with Crippen molar-refractivity contribution >= 4 is 44.9 Å². The summed E-state index contributed by atoms with van der Waals surface area (Å²) in [5.41, 5.74) is 5.19. The topological polar surface area (TPSA) is 120 Å². The van der Waals surface area contributed by atoms with E-state index in [2.05, 4.69) is 42.6 Å². The highest BCUT2D eigenvalue weighted by Gasteiger charge is 2.20. The Bertz CT molecular complexity index is 1770. The molecule has 216 valence electrons. The minimum Gasteiger partial charge on any atom is -0.473 e. The van der Waals surface area contributed by atoms with Gasteiger partial charge >= 0.3 is 0 Å². The molecule has 0 bridgehead atoms. The van der Waals surface area contributed by atoms with Crippen LogP contribution in [0.3, 0.4) is 0 Å². The summed E-state index contributed by atoms with van der Waals surface area (Å²) in [6, 6.07) is 15.5. The van der Waals surface area contributed by atoms with Crippen molar-refractivity contribution in [1.29, 1.82) is 0 Å². The van der Waals surface area contributed by atoms with E-state index in [1.807, 2.05) is 30.3 Å². The van der Waals surface area contributed by atoms with Gasteiger partial charge in [-0.1, -0.05) is 17.7 Å². The summed E-state index contributed by atoms with van der Waals surface area (Å²) in [7, 11) is 0. The molecular weight excluding hydrogens is 554 g/mol. The maximum Gasteiger partial charge on any atom is 0.261 e. The van der Waals surface area contributed by atoms with Gasteiger partial charge < -0.3 is 35.0 Å². The van der Waals surface area contributed by atoms with E-state index < -0.39 is 0 Å². The zero-order valence-corrected chi connectivity index (χ0v) is 23.8. The third-order valence-electron chi connectivity index (χ3n) is 7.86. The largest absolute Gasteiger partial charge is 0.473 e. The maximum absolute atomic E-state index is 13.5. The van der Waals surface area contributed by atoms with E-state index in [4.69, 9.17) is 26.1 Å². The first-order valence-electron chi connectivity index (χ1n) is 14.4. The third kappa shape index (κ3) is 5.53. The molecule has 2 saturated heterocycles. The van der Waals surface area contributed by atoms with Crippen molar-refractivity contribution in [3.05, 3.63) is 75.7 Å². The summed E-state index contributed by atoms with van der Waals surface area (Å²) >= 11 is 6.41. The highest BCUT2D eigenvalue weighted by Crippen LogP contribution is 2.33. The van der Waals surface area contributed by atoms with Crippen molar-refractivity contribution < 1.29 is 9.47 Å². The summed E-state index contributed by atoms with van der Waals surface area (Å²) in [5.74, 6) is 1.10. The minimum atomic E-state index is -0.247. The van der Waals surface area contributed by atoms with Crippen molar-refractivity contribution in [2.24, 2.45) is 0 Å². The lowest BCUT2D eigenvalue weighted by Gasteiger charge is -2.28. The number of H-pyrrole nitrogens is 2. The van der Waals surface area contributed by atoms with E-state index in [0.717, 1.165) is 66.7 Å². The van der Waals surface area contributed by atoms with Crippen LogP contribution >= 0.6 is 11.6 Å². The molecule has 42 heavy (non-hydrogen) atoms. The Kier molecular flexibility index (Phi) is 7.41. The van der Waals surface area contributed by atoms with Gasteiger partial charge in [0, 0.05) is 54.5 Å². The molecule has 1 atom stereocenters. The van der Waals surface area contributed by atoms with Crippen molar-refractivity contribution in [3.63, 3.8) is 0 Å². The molecule has 2 aliphatic rings. The summed E-state index contributed by atoms with van der Waals surface area (Å²) in [5, 5.41) is 8.22. The monoisotopic (exact) mass is 585 g/mol. The molecule has 10 nitrogen and oxygen atoms in total. The smallest absolute Gasteiger partial charge is 0.261 e. The normalized spacial score (nSPS) is 17.5. The average molecular weight is 586 g/mol. The molecule has 2 fully saturated rings. The van der Waals surface area contributed by atoms with Crippen molar-refractivity contribution in [3.8, 4) is 17.3 Å². The Hall–Kier alpha value is -4.12. The molecule has 3 aromatic heterocycles. The number of nitrogens with zero attached hydrogens (tertiary/aromatic N) is 3. The van der Waals surface area contributed by atoms with Crippen LogP contribution in [-0.4, -0.2) is 65.4 Å². The Morgan fingerprint density at radius 2 is 1.95 bits per heavy atom. The number of aromatic nitrogens is 4. The highest BCUT2D eigenvalue weighted by molar-refractivity contribution is 6.31. The second-order valence-corrected chi connectivity index (χ2v) is 11.2. The molecule has 7 rings (SSSR count). The number of pyridine rings is 2. The summed E-state index contributed by atoms with van der Waals surface area (Å²) < 4.78 is 11.5. The van der Waals surface area contributed by atoms with Gasteiger partial charge in [0.2, 0.25) is 5.88 Å². The van der Waals surface area contributed by atoms with Crippen LogP contribution in [0.4, 0.5) is 11.4 Å². The number of benzene rings is 2. The molecule has 0 spiro atoms. The van der Waals surface area contributed by atoms with Gasteiger partial charge in [0.1, 0.15) is 17.5 Å². The number of piperidine rings is 1. The van der Waals surface area contributed by atoms with Crippen molar-refractivity contribution in [2.75, 3.05) is 49.6 Å². The number of halogens is 1. The Labute approximate surface area is 247 Å². The van der Waals surface area contributed by atoms with Crippen LogP contribution in [0.15, 0.2) is 59.5 Å². The molecule has 1 unspecified atom stereocenters. The van der Waals surface area contributed by atoms with Gasteiger partial charge in [0.15, 0.2) is 0 Å². The number of imidazole rings is 1. The molecule has 0 radical (unpaired) electrons. The standard InChI is InChI=1S/C31H32ClN7O3/c32-20-4-6-24-23(14-20)29(35-17-19-3-8-27(34-16-19)42-22-2-1-9-33-18-22)28(31(40)38-24)30-36-25-7-5-21(15-26(25)37-30)39-10-12-41-13-11-39/h3-8,14-16,22,33H,1-2,9-13,17-18H2,(H,36,37)(H2,35,38,40). The Balaban J connectivity index is 1.21. The number of morpholine rings is 1. The number of anilines is 2. The fraction of sp³-hybridized carbons (Fsp3) is 0.323. The van der Waals surface area contributed by atoms with E-state index in [-0.39, 0.29) is 11.7 Å². The quantitative estimate of drug-likeness (QED) is 0.217. The number of nitrogens with one attached hydrogen (secondary N) is 4. The molecule has 0 aliphatic carbocycles. The molecule has 4 N–H and O–H groups in total. The number of hydrogen-bond acceptors (Lipinski definition) is 8. The van der Waals surface area contributed by atoms with Gasteiger partial charge in [-0.05, 0) is 61.3 Å². The second-order valence-electron chi connectivity index (χ2n) is 10.7. The van der Waals surface area contributed by atoms with Gasteiger partial charge in [-0.15, -0.1) is 0 Å². The van der Waals surface area contributed by atoms with Crippen LogP contribution in [0.2, 0.25) is 5.02 Å². The van der Waals surface area contributed by atoms with E-state index in [1.165, 1.54) is 0 Å². The third-order valence-corrected chi connectivity index (χ3v) is 8.10. The van der Waals surface area contributed by atoms with Gasteiger partial charge in [-0.25, -0.2) is 9.97 Å². The van der Waals surface area contributed by atoms with Crippen LogP contribution in [0.1, 0.15) is 18.4 Å². The zero-order valence-electron chi connectivity index (χ0n) is 23.1. The molecule has 2 aliphatic heterocycles. The summed E-state index contributed by atoms with van der Waals surface area (Å²) in [6.45, 7) is 5.39. The molecular formula is C31H32ClN7O3. The number of rotatable bonds is 7. The van der Waals surface area contributed by atoms with Crippen LogP contribution in [0.25, 0.3) is 33.3 Å². The first-order valence-corrected chi connectivity index (χ1v) is 14.7. The molecule has 0 saturated carbocycles. The second kappa shape index (κ2) is 11.6. The lowest BCUT2D eigenvalue weighted by atomic mass is 10.1. The van der Waals surface area contributed by atoms with Crippen LogP contribution in [0.5, 0.6) is 5.88 Å². The fourth-order valence-corrected chi connectivity index (χ4v) is 5.84. The predicted octanol–water partition coefficient (Wildman–Crippen LogP) is 4.70. The van der Waals surface area contributed by atoms with Crippen LogP contribution < -0.4 is 25.8 Å². The van der Waals surface area contributed by atoms with Gasteiger partial charge in [-0.2, -0.15) is 0 Å². The van der Waals surface area contributed by atoms with E-state index in [9.17, 15) is 4.79 Å². The van der Waals surface area contributed by atoms with E-state index in [0.29, 0.717) is 53.3 Å². The first kappa shape index (κ1) is 26.8. The number of aromatic amines is 2. The first-order chi connectivity index (χ1) is 20.6. The van der Waals surface area contributed by atoms with Gasteiger partial charge in [0.25, 0.3) is 5.56 Å². The number of hydrogen-bond donors (Lipinski definition) is 4. The Morgan fingerprint density at radius 3 is 2.76 bits per heavy atom. The predicted molar refractivity (Wildman–Crippen MR) is 166 cm³/mol. The lowest BCUT2D eigenvalue weighted by Crippen LogP contribution is -2.37. The lowest BCUT2D eigenvalue weighted by molar-refractivity contribution is 0.122. The molecule has 0 amide bonds. The summed E-state index contributed by atoms with van der Waals surface area (Å²) in [6.07, 6.45) is 4.06. The van der Waals surface area contributed by atoms with Gasteiger partial charge in [-0.3, -0.25) is 4.79 Å². The number of ether oxygens (including phenoxy) is 2. The molecule has 5 heterocycles. The molecule has 5 aromatic rings. The molecule has 2 aromatic carbocycles. The maximum atomic E-state index is 13.5. The minimum absolute atomic E-state index is 0.138. The average Bonchev–Trinajstić information content (AvgIpc) is 3.44. The van der Waals surface area contributed by atoms with E-state index >= 15 is 0 Å². The van der Waals surface area contributed by atoms with E-state index in [1.54, 1.807) is 12.3 Å². The SMILES string of the molecule is O=c1[nH]c2ccc(Cl)cc2c(NCc2ccc(OC3CCCNC3)nc2)c1-c1nc2cc(N3CCOCC3)ccc2[nH]1. The summed E-state index contributed by atoms with van der Waals surface area (Å²) in [4.78, 5) is 31.6. The zero-order chi connectivity index (χ0) is 28.5. The Morgan fingerprint density at radius 1 is 1.07 bits per heavy atom. The van der Waals surface area contributed by atoms with Crippen molar-refractivity contribution in [1.82, 2.24) is 25.3 Å². The van der Waals surface area contributed by atoms with Crippen LogP contribution in [-0.2, 0) is 11.3 Å². The highest BCUT2D eigenvalue weighted by atomic mass is 35.5. The number of fused-ring (bicyclic) bond motifs is 2.